The fraction of sp³-hybridized carbons (Fsp3) is 0.250. The fourth-order valence-corrected chi connectivity index (χ4v) is 1.06. The molecule has 0 N–H and O–H groups in total. The Morgan fingerprint density at radius 1 is 1.00 bits per heavy atom. The minimum Gasteiger partial charge on any atom is -0.0876 e. The molecule has 1 aromatic carbocycles. The Bertz CT molecular complexity index is 301. The number of alkyl halides is 2. The molecule has 10 heavy (non-hydrogen) atoms. The van der Waals surface area contributed by atoms with Crippen molar-refractivity contribution in [1.82, 2.24) is 0 Å². The third kappa shape index (κ3) is 2.10. The normalized spacial score (nSPS) is 15.4. The van der Waals surface area contributed by atoms with Crippen molar-refractivity contribution in [2.45, 2.75) is 10.7 Å². The van der Waals surface area contributed by atoms with E-state index in [-0.39, 0.29) is 24.2 Å². The summed E-state index contributed by atoms with van der Waals surface area (Å²) in [6.45, 7) is 0. The molecule has 0 fully saturated rings. The van der Waals surface area contributed by atoms with E-state index in [1.807, 2.05) is 0 Å². The van der Waals surface area contributed by atoms with Crippen molar-refractivity contribution >= 4 is 31.9 Å². The summed E-state index contributed by atoms with van der Waals surface area (Å²) in [5.74, 6) is 0. The highest BCUT2D eigenvalue weighted by Crippen LogP contribution is 2.09. The van der Waals surface area contributed by atoms with Crippen LogP contribution in [0, 0.1) is 0 Å². The lowest BCUT2D eigenvalue weighted by molar-refractivity contribution is 1.36. The largest absolute Gasteiger partial charge is 0.0876 e. The van der Waals surface area contributed by atoms with Gasteiger partial charge in [0.2, 0.25) is 0 Å². The average Bonchev–Trinajstić information content (AvgIpc) is 2.17. The molecule has 0 radical (unpaired) electrons. The Balaban J connectivity index is 3.55. The molecule has 0 aliphatic rings. The van der Waals surface area contributed by atoms with Gasteiger partial charge < -0.3 is 0 Å². The highest BCUT2D eigenvalue weighted by atomic mass is 79.9. The summed E-state index contributed by atoms with van der Waals surface area (Å²) >= 11 is 6.31. The Kier molecular flexibility index (Phi) is 1.77. The average molecular weight is 268 g/mol. The van der Waals surface area contributed by atoms with Crippen LogP contribution in [0.5, 0.6) is 0 Å². The van der Waals surface area contributed by atoms with Gasteiger partial charge in [-0.3, -0.25) is 0 Å². The molecule has 0 aromatic heterocycles. The zero-order valence-corrected chi connectivity index (χ0v) is 8.34. The molecular formula is C8H8Br2. The molecule has 0 spiro atoms. The first kappa shape index (κ1) is 4.27. The molecule has 0 unspecified atom stereocenters. The third-order valence-corrected chi connectivity index (χ3v) is 2.12. The monoisotopic (exact) mass is 266 g/mol. The minimum absolute atomic E-state index is 0.0392. The zero-order valence-electron chi connectivity index (χ0n) is 9.17. The molecule has 0 nitrogen and oxygen atoms in total. The lowest BCUT2D eigenvalue weighted by Gasteiger charge is -1.96. The molecule has 0 atom stereocenters. The molecule has 1 aromatic rings. The van der Waals surface area contributed by atoms with Gasteiger partial charge >= 0.3 is 0 Å². The van der Waals surface area contributed by atoms with Gasteiger partial charge in [-0.25, -0.2) is 0 Å². The van der Waals surface area contributed by atoms with E-state index in [1.165, 1.54) is 0 Å². The van der Waals surface area contributed by atoms with Gasteiger partial charge in [-0.15, -0.1) is 0 Å². The van der Waals surface area contributed by atoms with Crippen LogP contribution >= 0.6 is 31.9 Å². The maximum atomic E-state index is 7.64. The predicted octanol–water partition coefficient (Wildman–Crippen LogP) is 3.48. The van der Waals surface area contributed by atoms with Crippen LogP contribution in [0.1, 0.15) is 16.6 Å². The Morgan fingerprint density at radius 3 is 1.50 bits per heavy atom. The lowest BCUT2D eigenvalue weighted by Crippen LogP contribution is -1.78. The summed E-state index contributed by atoms with van der Waals surface area (Å²) in [5, 5.41) is 0.677. The highest BCUT2D eigenvalue weighted by Gasteiger charge is 1.89. The molecule has 0 saturated carbocycles. The summed E-state index contributed by atoms with van der Waals surface area (Å²) in [7, 11) is 0. The van der Waals surface area contributed by atoms with E-state index in [0.29, 0.717) is 21.8 Å². The molecule has 0 saturated heterocycles. The molecule has 54 valence electrons. The van der Waals surface area contributed by atoms with Crippen LogP contribution in [0.25, 0.3) is 0 Å². The van der Waals surface area contributed by atoms with Crippen LogP contribution in [0.15, 0.2) is 24.2 Å². The Labute approximate surface area is 83.5 Å². The van der Waals surface area contributed by atoms with E-state index in [9.17, 15) is 0 Å². The standard InChI is InChI=1S/C8H8Br2/c9-5-7-1-2-8(6-10)4-3-7/h1-4H,5-6H2/i1D,2D,3D,4D. The van der Waals surface area contributed by atoms with Crippen LogP contribution < -0.4 is 0 Å². The van der Waals surface area contributed by atoms with Gasteiger partial charge in [-0.1, -0.05) is 56.0 Å². The maximum absolute atomic E-state index is 7.64. The van der Waals surface area contributed by atoms with E-state index in [2.05, 4.69) is 31.9 Å². The van der Waals surface area contributed by atoms with Gasteiger partial charge in [-0.2, -0.15) is 0 Å². The molecular weight excluding hydrogens is 256 g/mol. The lowest BCUT2D eigenvalue weighted by atomic mass is 10.2. The van der Waals surface area contributed by atoms with E-state index in [0.717, 1.165) is 0 Å². The van der Waals surface area contributed by atoms with E-state index in [4.69, 9.17) is 5.48 Å². The highest BCUT2D eigenvalue weighted by molar-refractivity contribution is 9.08. The van der Waals surface area contributed by atoms with Crippen molar-refractivity contribution in [2.75, 3.05) is 0 Å². The van der Waals surface area contributed by atoms with Gasteiger partial charge in [0.25, 0.3) is 0 Å². The van der Waals surface area contributed by atoms with Crippen LogP contribution in [0.3, 0.4) is 0 Å². The van der Waals surface area contributed by atoms with Crippen LogP contribution in [-0.4, -0.2) is 0 Å². The van der Waals surface area contributed by atoms with Crippen molar-refractivity contribution in [3.8, 4) is 0 Å². The second-order valence-corrected chi connectivity index (χ2v) is 2.85. The summed E-state index contributed by atoms with van der Waals surface area (Å²) in [6, 6.07) is 0.157. The molecule has 1 rings (SSSR count). The Hall–Kier alpha value is 0.180. The van der Waals surface area contributed by atoms with Gasteiger partial charge in [0.15, 0.2) is 0 Å². The molecule has 0 amide bonds. The molecule has 0 aliphatic carbocycles. The summed E-state index contributed by atoms with van der Waals surface area (Å²) in [5.41, 5.74) is 0.814. The summed E-state index contributed by atoms with van der Waals surface area (Å²) < 4.78 is 30.5. The summed E-state index contributed by atoms with van der Waals surface area (Å²) in [6.07, 6.45) is 0. The van der Waals surface area contributed by atoms with Gasteiger partial charge in [0.1, 0.15) is 0 Å². The first-order chi connectivity index (χ1) is 6.54. The minimum atomic E-state index is 0.0392. The van der Waals surface area contributed by atoms with Crippen molar-refractivity contribution < 1.29 is 5.48 Å². The van der Waals surface area contributed by atoms with Crippen molar-refractivity contribution in [1.29, 1.82) is 0 Å². The van der Waals surface area contributed by atoms with E-state index < -0.39 is 0 Å². The van der Waals surface area contributed by atoms with Gasteiger partial charge in [0.05, 0.1) is 5.48 Å². The first-order valence-electron chi connectivity index (χ1n) is 4.74. The smallest absolute Gasteiger partial charge is 0.0626 e. The summed E-state index contributed by atoms with van der Waals surface area (Å²) in [4.78, 5) is 0. The number of hydrogen-bond acceptors (Lipinski definition) is 0. The number of halogens is 2. The van der Waals surface area contributed by atoms with Crippen LogP contribution in [0.4, 0.5) is 0 Å². The quantitative estimate of drug-likeness (QED) is 0.720. The van der Waals surface area contributed by atoms with Gasteiger partial charge in [-0.05, 0) is 11.1 Å². The predicted molar refractivity (Wildman–Crippen MR) is 51.7 cm³/mol. The van der Waals surface area contributed by atoms with Crippen LogP contribution in [-0.2, 0) is 10.7 Å². The Morgan fingerprint density at radius 2 is 1.30 bits per heavy atom. The number of rotatable bonds is 2. The zero-order chi connectivity index (χ0) is 10.9. The molecule has 0 aliphatic heterocycles. The van der Waals surface area contributed by atoms with Crippen molar-refractivity contribution in [3.63, 3.8) is 0 Å². The molecule has 2 heteroatoms. The van der Waals surface area contributed by atoms with E-state index in [1.54, 1.807) is 0 Å². The second-order valence-electron chi connectivity index (χ2n) is 1.72. The van der Waals surface area contributed by atoms with E-state index >= 15 is 0 Å². The van der Waals surface area contributed by atoms with Gasteiger partial charge in [0, 0.05) is 10.7 Å². The molecule has 0 heterocycles. The van der Waals surface area contributed by atoms with Crippen molar-refractivity contribution in [2.24, 2.45) is 0 Å². The first-order valence-corrected chi connectivity index (χ1v) is 4.98. The second kappa shape index (κ2) is 4.14. The topological polar surface area (TPSA) is 0 Å². The SMILES string of the molecule is [2H]c1c([2H])c(CBr)c([2H])c([2H])c1CBr. The van der Waals surface area contributed by atoms with Crippen molar-refractivity contribution in [3.05, 3.63) is 35.3 Å². The third-order valence-electron chi connectivity index (χ3n) is 0.996. The maximum Gasteiger partial charge on any atom is 0.0626 e. The molecule has 0 bridgehead atoms. The number of hydrogen-bond donors (Lipinski definition) is 0. The number of benzene rings is 1. The fourth-order valence-electron chi connectivity index (χ4n) is 0.498. The van der Waals surface area contributed by atoms with Crippen LogP contribution in [0.2, 0.25) is 0 Å².